The van der Waals surface area contributed by atoms with E-state index in [9.17, 15) is 0 Å². The van der Waals surface area contributed by atoms with E-state index >= 15 is 0 Å². The Labute approximate surface area is 160 Å². The maximum absolute atomic E-state index is 2.48. The van der Waals surface area contributed by atoms with E-state index in [0.717, 1.165) is 37.4 Å². The van der Waals surface area contributed by atoms with E-state index in [1.165, 1.54) is 57.8 Å². The lowest BCUT2D eigenvalue weighted by Gasteiger charge is -2.16. The maximum Gasteiger partial charge on any atom is 0.0165 e. The number of hydrogen-bond donors (Lipinski definition) is 0. The lowest BCUT2D eigenvalue weighted by atomic mass is 9.91. The normalized spacial score (nSPS) is 15.2. The molecule has 0 saturated carbocycles. The first-order chi connectivity index (χ1) is 11.9. The van der Waals surface area contributed by atoms with Gasteiger partial charge in [0.05, 0.1) is 0 Å². The van der Waals surface area contributed by atoms with Gasteiger partial charge in [-0.1, -0.05) is 98.1 Å². The molecule has 0 rings (SSSR count). The van der Waals surface area contributed by atoms with Gasteiger partial charge in [0.1, 0.15) is 0 Å². The van der Waals surface area contributed by atoms with Crippen molar-refractivity contribution in [3.05, 3.63) is 11.6 Å². The summed E-state index contributed by atoms with van der Waals surface area (Å²) >= 11 is 0. The summed E-state index contributed by atoms with van der Waals surface area (Å²) in [6.07, 6.45) is 15.1. The summed E-state index contributed by atoms with van der Waals surface area (Å²) in [5.41, 5.74) is 1.58. The lowest BCUT2D eigenvalue weighted by Crippen LogP contribution is -2.22. The van der Waals surface area contributed by atoms with Crippen LogP contribution in [-0.2, 0) is 0 Å². The molecule has 0 aliphatic rings. The molecule has 0 aromatic rings. The van der Waals surface area contributed by atoms with Crippen molar-refractivity contribution in [2.24, 2.45) is 17.8 Å². The average Bonchev–Trinajstić information content (AvgIpc) is 2.55. The van der Waals surface area contributed by atoms with Crippen molar-refractivity contribution in [1.82, 2.24) is 4.90 Å². The van der Waals surface area contributed by atoms with E-state index in [2.05, 4.69) is 59.4 Å². The summed E-state index contributed by atoms with van der Waals surface area (Å²) in [6, 6.07) is 0. The predicted molar refractivity (Wildman–Crippen MR) is 116 cm³/mol. The van der Waals surface area contributed by atoms with Gasteiger partial charge in [-0.3, -0.25) is 0 Å². The van der Waals surface area contributed by atoms with Gasteiger partial charge in [0, 0.05) is 6.54 Å². The Balaban J connectivity index is 3.69. The summed E-state index contributed by atoms with van der Waals surface area (Å²) in [7, 11) is 0. The standard InChI is InChI=1S/C24H49N/c1-8-25(9-2)20-19-24(7)18-12-17-23(6)16-11-15-22(5)14-10-13-21(3)4/h19,21-23H,8-18,20H2,1-7H3/b24-19+. The van der Waals surface area contributed by atoms with Crippen molar-refractivity contribution in [1.29, 1.82) is 0 Å². The Hall–Kier alpha value is -0.300. The predicted octanol–water partition coefficient (Wildman–Crippen LogP) is 7.71. The SMILES string of the molecule is CCN(CC)C/C=C(\C)CCCC(C)CCCC(C)CCCC(C)C. The minimum Gasteiger partial charge on any atom is -0.300 e. The highest BCUT2D eigenvalue weighted by Gasteiger charge is 2.06. The molecule has 150 valence electrons. The Morgan fingerprint density at radius 2 is 1.24 bits per heavy atom. The van der Waals surface area contributed by atoms with Crippen LogP contribution in [0.4, 0.5) is 0 Å². The van der Waals surface area contributed by atoms with Crippen LogP contribution in [0, 0.1) is 17.8 Å². The van der Waals surface area contributed by atoms with Gasteiger partial charge >= 0.3 is 0 Å². The van der Waals surface area contributed by atoms with Gasteiger partial charge in [0.2, 0.25) is 0 Å². The lowest BCUT2D eigenvalue weighted by molar-refractivity contribution is 0.336. The zero-order valence-electron chi connectivity index (χ0n) is 18.7. The van der Waals surface area contributed by atoms with Crippen molar-refractivity contribution in [2.45, 2.75) is 106 Å². The van der Waals surface area contributed by atoms with Gasteiger partial charge in [0.25, 0.3) is 0 Å². The number of hydrogen-bond acceptors (Lipinski definition) is 1. The first-order valence-electron chi connectivity index (χ1n) is 11.3. The number of likely N-dealkylation sites (N-methyl/N-ethyl adjacent to an activating group) is 1. The monoisotopic (exact) mass is 351 g/mol. The van der Waals surface area contributed by atoms with E-state index in [1.807, 2.05) is 0 Å². The van der Waals surface area contributed by atoms with Crippen LogP contribution < -0.4 is 0 Å². The van der Waals surface area contributed by atoms with Crippen LogP contribution in [0.5, 0.6) is 0 Å². The molecule has 0 aliphatic heterocycles. The van der Waals surface area contributed by atoms with Gasteiger partial charge in [-0.2, -0.15) is 0 Å². The zero-order chi connectivity index (χ0) is 19.1. The average molecular weight is 352 g/mol. The van der Waals surface area contributed by atoms with Gasteiger partial charge in [-0.15, -0.1) is 0 Å². The Kier molecular flexibility index (Phi) is 15.7. The fourth-order valence-electron chi connectivity index (χ4n) is 3.58. The van der Waals surface area contributed by atoms with Gasteiger partial charge in [-0.05, 0) is 50.6 Å². The third kappa shape index (κ3) is 15.7. The van der Waals surface area contributed by atoms with E-state index < -0.39 is 0 Å². The summed E-state index contributed by atoms with van der Waals surface area (Å²) in [6.45, 7) is 19.8. The first kappa shape index (κ1) is 24.7. The minimum absolute atomic E-state index is 0.872. The largest absolute Gasteiger partial charge is 0.300 e. The van der Waals surface area contributed by atoms with E-state index in [-0.39, 0.29) is 0 Å². The van der Waals surface area contributed by atoms with E-state index in [0.29, 0.717) is 0 Å². The summed E-state index contributed by atoms with van der Waals surface area (Å²) < 4.78 is 0. The van der Waals surface area contributed by atoms with Crippen molar-refractivity contribution in [2.75, 3.05) is 19.6 Å². The summed E-state index contributed by atoms with van der Waals surface area (Å²) in [4.78, 5) is 2.48. The molecule has 0 aromatic carbocycles. The van der Waals surface area contributed by atoms with Crippen LogP contribution in [0.2, 0.25) is 0 Å². The van der Waals surface area contributed by atoms with Gasteiger partial charge in [-0.25, -0.2) is 0 Å². The van der Waals surface area contributed by atoms with Crippen molar-refractivity contribution in [3.63, 3.8) is 0 Å². The molecule has 25 heavy (non-hydrogen) atoms. The molecule has 0 N–H and O–H groups in total. The second kappa shape index (κ2) is 15.9. The topological polar surface area (TPSA) is 3.24 Å². The molecule has 0 saturated heterocycles. The molecule has 0 fully saturated rings. The molecule has 0 amide bonds. The van der Waals surface area contributed by atoms with Crippen LogP contribution in [0.15, 0.2) is 11.6 Å². The molecule has 2 unspecified atom stereocenters. The molecule has 1 heteroatoms. The van der Waals surface area contributed by atoms with Crippen LogP contribution in [0.25, 0.3) is 0 Å². The molecular weight excluding hydrogens is 302 g/mol. The van der Waals surface area contributed by atoms with E-state index in [1.54, 1.807) is 5.57 Å². The molecule has 0 bridgehead atoms. The second-order valence-electron chi connectivity index (χ2n) is 8.89. The minimum atomic E-state index is 0.872. The molecular formula is C24H49N. The molecule has 0 radical (unpaired) electrons. The summed E-state index contributed by atoms with van der Waals surface area (Å²) in [5, 5.41) is 0. The first-order valence-corrected chi connectivity index (χ1v) is 11.3. The van der Waals surface area contributed by atoms with Gasteiger partial charge < -0.3 is 4.90 Å². The Morgan fingerprint density at radius 1 is 0.760 bits per heavy atom. The Morgan fingerprint density at radius 3 is 1.72 bits per heavy atom. The number of rotatable bonds is 16. The third-order valence-corrected chi connectivity index (χ3v) is 5.73. The van der Waals surface area contributed by atoms with Crippen molar-refractivity contribution >= 4 is 0 Å². The van der Waals surface area contributed by atoms with Crippen LogP contribution in [0.3, 0.4) is 0 Å². The Bertz CT molecular complexity index is 314. The maximum atomic E-state index is 2.48. The fourth-order valence-corrected chi connectivity index (χ4v) is 3.58. The summed E-state index contributed by atoms with van der Waals surface area (Å²) in [5.74, 6) is 2.70. The number of allylic oxidation sites excluding steroid dienone is 1. The van der Waals surface area contributed by atoms with Gasteiger partial charge in [0.15, 0.2) is 0 Å². The quantitative estimate of drug-likeness (QED) is 0.257. The molecule has 0 aromatic heterocycles. The van der Waals surface area contributed by atoms with Crippen molar-refractivity contribution in [3.8, 4) is 0 Å². The second-order valence-corrected chi connectivity index (χ2v) is 8.89. The van der Waals surface area contributed by atoms with E-state index in [4.69, 9.17) is 0 Å². The van der Waals surface area contributed by atoms with Crippen LogP contribution >= 0.6 is 0 Å². The van der Waals surface area contributed by atoms with Crippen LogP contribution in [0.1, 0.15) is 106 Å². The molecule has 0 heterocycles. The molecule has 1 nitrogen and oxygen atoms in total. The highest BCUT2D eigenvalue weighted by atomic mass is 15.1. The number of nitrogens with zero attached hydrogens (tertiary/aromatic N) is 1. The smallest absolute Gasteiger partial charge is 0.0165 e. The van der Waals surface area contributed by atoms with Crippen LogP contribution in [-0.4, -0.2) is 24.5 Å². The fraction of sp³-hybridized carbons (Fsp3) is 0.917. The third-order valence-electron chi connectivity index (χ3n) is 5.73. The molecule has 0 spiro atoms. The van der Waals surface area contributed by atoms with Crippen molar-refractivity contribution < 1.29 is 0 Å². The highest BCUT2D eigenvalue weighted by Crippen LogP contribution is 2.22. The molecule has 0 aliphatic carbocycles. The highest BCUT2D eigenvalue weighted by molar-refractivity contribution is 4.99. The molecule has 2 atom stereocenters. The zero-order valence-corrected chi connectivity index (χ0v) is 18.7.